The Morgan fingerprint density at radius 1 is 1.12 bits per heavy atom. The molecule has 5 rings (SSSR count). The monoisotopic (exact) mass is 601 g/mol. The van der Waals surface area contributed by atoms with E-state index in [0.717, 1.165) is 81.8 Å². The number of fused-ring (bicyclic) bond motifs is 1. The molecule has 240 valence electrons. The van der Waals surface area contributed by atoms with Crippen LogP contribution in [-0.4, -0.2) is 89.3 Å². The second-order valence-corrected chi connectivity index (χ2v) is 13.3. The van der Waals surface area contributed by atoms with Crippen molar-refractivity contribution in [1.82, 2.24) is 10.6 Å². The van der Waals surface area contributed by atoms with E-state index in [1.165, 1.54) is 0 Å². The molecular formula is C33H51N3O7. The molecular weight excluding hydrogens is 550 g/mol. The fourth-order valence-corrected chi connectivity index (χ4v) is 6.72. The largest absolute Gasteiger partial charge is 0.475 e. The van der Waals surface area contributed by atoms with Crippen LogP contribution < -0.4 is 20.3 Å². The number of carbonyl (C=O) groups is 2. The summed E-state index contributed by atoms with van der Waals surface area (Å²) in [6, 6.07) is 6.34. The summed E-state index contributed by atoms with van der Waals surface area (Å²) in [6.45, 7) is 9.85. The SMILES string of the molecule is COCCCN1C(=O)C2(CCOCC2)Oc2ccc(CO[C@@H]3CCC(CC(C)(C)C(=O)NCC4CCOCC4)NC3)cc21. The number of nitrogens with zero attached hydrogens (tertiary/aromatic N) is 1. The summed E-state index contributed by atoms with van der Waals surface area (Å²) in [4.78, 5) is 28.5. The summed E-state index contributed by atoms with van der Waals surface area (Å²) in [5, 5.41) is 6.83. The van der Waals surface area contributed by atoms with Crippen LogP contribution in [0.4, 0.5) is 5.69 Å². The quantitative estimate of drug-likeness (QED) is 0.350. The van der Waals surface area contributed by atoms with Crippen molar-refractivity contribution in [3.63, 3.8) is 0 Å². The molecule has 0 bridgehead atoms. The van der Waals surface area contributed by atoms with E-state index in [1.54, 1.807) is 7.11 Å². The second kappa shape index (κ2) is 14.7. The number of anilines is 1. The van der Waals surface area contributed by atoms with Crippen LogP contribution >= 0.6 is 0 Å². The number of carbonyl (C=O) groups excluding carboxylic acids is 2. The van der Waals surface area contributed by atoms with Crippen LogP contribution in [0.2, 0.25) is 0 Å². The molecule has 1 aromatic rings. The van der Waals surface area contributed by atoms with E-state index in [9.17, 15) is 9.59 Å². The van der Waals surface area contributed by atoms with Gasteiger partial charge in [0.25, 0.3) is 5.91 Å². The minimum atomic E-state index is -0.847. The Labute approximate surface area is 256 Å². The molecule has 0 aliphatic carbocycles. The van der Waals surface area contributed by atoms with Crippen LogP contribution in [0.1, 0.15) is 70.8 Å². The van der Waals surface area contributed by atoms with Gasteiger partial charge in [-0.1, -0.05) is 19.9 Å². The summed E-state index contributed by atoms with van der Waals surface area (Å²) in [5.41, 5.74) is 0.538. The molecule has 4 aliphatic heterocycles. The van der Waals surface area contributed by atoms with Gasteiger partial charge in [0.1, 0.15) is 5.75 Å². The summed E-state index contributed by atoms with van der Waals surface area (Å²) in [5.74, 6) is 1.40. The zero-order chi connectivity index (χ0) is 30.3. The molecule has 0 aromatic heterocycles. The van der Waals surface area contributed by atoms with Gasteiger partial charge in [-0.2, -0.15) is 0 Å². The lowest BCUT2D eigenvalue weighted by molar-refractivity contribution is -0.144. The van der Waals surface area contributed by atoms with Gasteiger partial charge in [0, 0.05) is 70.9 Å². The Morgan fingerprint density at radius 2 is 1.88 bits per heavy atom. The lowest BCUT2D eigenvalue weighted by Crippen LogP contribution is -2.58. The van der Waals surface area contributed by atoms with E-state index in [2.05, 4.69) is 10.6 Å². The summed E-state index contributed by atoms with van der Waals surface area (Å²) in [6.07, 6.45) is 6.71. The van der Waals surface area contributed by atoms with Gasteiger partial charge in [-0.25, -0.2) is 0 Å². The predicted molar refractivity (Wildman–Crippen MR) is 163 cm³/mol. The first kappa shape index (κ1) is 32.2. The molecule has 4 heterocycles. The predicted octanol–water partition coefficient (Wildman–Crippen LogP) is 3.59. The van der Waals surface area contributed by atoms with Gasteiger partial charge < -0.3 is 39.2 Å². The van der Waals surface area contributed by atoms with Crippen LogP contribution in [0.3, 0.4) is 0 Å². The highest BCUT2D eigenvalue weighted by Gasteiger charge is 2.49. The van der Waals surface area contributed by atoms with Crippen molar-refractivity contribution in [3.8, 4) is 5.75 Å². The van der Waals surface area contributed by atoms with Gasteiger partial charge in [0.2, 0.25) is 5.91 Å². The first-order chi connectivity index (χ1) is 20.8. The molecule has 3 fully saturated rings. The molecule has 2 amide bonds. The van der Waals surface area contributed by atoms with Crippen molar-refractivity contribution in [1.29, 1.82) is 0 Å². The normalized spacial score (nSPS) is 24.4. The molecule has 0 radical (unpaired) electrons. The van der Waals surface area contributed by atoms with E-state index in [4.69, 9.17) is 23.7 Å². The summed E-state index contributed by atoms with van der Waals surface area (Å²) >= 11 is 0. The average molecular weight is 602 g/mol. The van der Waals surface area contributed by atoms with Crippen molar-refractivity contribution < 1.29 is 33.3 Å². The second-order valence-electron chi connectivity index (χ2n) is 13.3. The number of rotatable bonds is 12. The zero-order valence-corrected chi connectivity index (χ0v) is 26.3. The Morgan fingerprint density at radius 3 is 2.60 bits per heavy atom. The molecule has 2 atom stereocenters. The summed E-state index contributed by atoms with van der Waals surface area (Å²) < 4.78 is 28.9. The van der Waals surface area contributed by atoms with Crippen molar-refractivity contribution in [2.75, 3.05) is 64.7 Å². The van der Waals surface area contributed by atoms with Gasteiger partial charge in [-0.3, -0.25) is 9.59 Å². The maximum Gasteiger partial charge on any atom is 0.271 e. The minimum Gasteiger partial charge on any atom is -0.475 e. The number of piperidine rings is 1. The van der Waals surface area contributed by atoms with E-state index >= 15 is 0 Å². The number of ether oxygens (including phenoxy) is 5. The van der Waals surface area contributed by atoms with Crippen LogP contribution in [0.5, 0.6) is 5.75 Å². The smallest absolute Gasteiger partial charge is 0.271 e. The van der Waals surface area contributed by atoms with Gasteiger partial charge in [-0.15, -0.1) is 0 Å². The van der Waals surface area contributed by atoms with Crippen LogP contribution in [0.25, 0.3) is 0 Å². The van der Waals surface area contributed by atoms with Crippen molar-refractivity contribution in [3.05, 3.63) is 23.8 Å². The average Bonchev–Trinajstić information content (AvgIpc) is 3.02. The van der Waals surface area contributed by atoms with E-state index < -0.39 is 11.0 Å². The van der Waals surface area contributed by atoms with E-state index in [0.29, 0.717) is 51.7 Å². The van der Waals surface area contributed by atoms with Crippen LogP contribution in [-0.2, 0) is 35.1 Å². The molecule has 2 N–H and O–H groups in total. The molecule has 0 saturated carbocycles. The van der Waals surface area contributed by atoms with Crippen molar-refractivity contribution in [2.24, 2.45) is 11.3 Å². The highest BCUT2D eigenvalue weighted by atomic mass is 16.5. The number of nitrogens with one attached hydrogen (secondary N) is 2. The first-order valence-electron chi connectivity index (χ1n) is 16.2. The topological polar surface area (TPSA) is 108 Å². The zero-order valence-electron chi connectivity index (χ0n) is 26.3. The fraction of sp³-hybridized carbons (Fsp3) is 0.758. The highest BCUT2D eigenvalue weighted by Crippen LogP contribution is 2.42. The Kier molecular flexibility index (Phi) is 11.0. The standard InChI is InChI=1S/C33H51N3O7/c1-32(2,30(37)35-21-24-9-15-40-16-10-24)20-26-6-7-27(22-34-26)42-23-25-5-8-29-28(19-25)36(13-4-14-39-3)31(38)33(43-29)11-17-41-18-12-33/h5,8,19,24,26-27,34H,4,6-7,9-18,20-23H2,1-3H3,(H,35,37)/t26?,27-/m1/s1. The third kappa shape index (κ3) is 8.08. The van der Waals surface area contributed by atoms with Gasteiger partial charge >= 0.3 is 0 Å². The minimum absolute atomic E-state index is 0.0141. The Hall–Kier alpha value is -2.24. The lowest BCUT2D eigenvalue weighted by atomic mass is 9.82. The van der Waals surface area contributed by atoms with E-state index in [1.807, 2.05) is 36.9 Å². The van der Waals surface area contributed by atoms with Gasteiger partial charge in [0.05, 0.1) is 31.6 Å². The van der Waals surface area contributed by atoms with E-state index in [-0.39, 0.29) is 24.0 Å². The molecule has 1 unspecified atom stereocenters. The maximum atomic E-state index is 13.7. The molecule has 43 heavy (non-hydrogen) atoms. The molecule has 1 aromatic carbocycles. The Balaban J connectivity index is 1.11. The van der Waals surface area contributed by atoms with Gasteiger partial charge in [-0.05, 0) is 62.1 Å². The summed E-state index contributed by atoms with van der Waals surface area (Å²) in [7, 11) is 1.68. The van der Waals surface area contributed by atoms with Crippen molar-refractivity contribution in [2.45, 2.75) is 89.6 Å². The molecule has 3 saturated heterocycles. The fourth-order valence-electron chi connectivity index (χ4n) is 6.72. The molecule has 10 nitrogen and oxygen atoms in total. The molecule has 1 spiro atoms. The first-order valence-corrected chi connectivity index (χ1v) is 16.2. The number of hydrogen-bond donors (Lipinski definition) is 2. The molecule has 4 aliphatic rings. The van der Waals surface area contributed by atoms with Crippen molar-refractivity contribution >= 4 is 17.5 Å². The highest BCUT2D eigenvalue weighted by molar-refractivity contribution is 6.03. The third-order valence-corrected chi connectivity index (χ3v) is 9.51. The third-order valence-electron chi connectivity index (χ3n) is 9.51. The van der Waals surface area contributed by atoms with Gasteiger partial charge in [0.15, 0.2) is 5.60 Å². The number of benzene rings is 1. The molecule has 10 heteroatoms. The number of amides is 2. The number of hydrogen-bond acceptors (Lipinski definition) is 8. The van der Waals surface area contributed by atoms with Crippen LogP contribution in [0.15, 0.2) is 18.2 Å². The van der Waals surface area contributed by atoms with Crippen LogP contribution in [0, 0.1) is 11.3 Å². The Bertz CT molecular complexity index is 1080. The number of methoxy groups -OCH3 is 1. The lowest BCUT2D eigenvalue weighted by Gasteiger charge is -2.44. The maximum absolute atomic E-state index is 13.7.